The van der Waals surface area contributed by atoms with E-state index in [9.17, 15) is 9.90 Å². The van der Waals surface area contributed by atoms with Crippen LogP contribution in [-0.2, 0) is 26.1 Å². The van der Waals surface area contributed by atoms with Crippen LogP contribution in [0.2, 0.25) is 0 Å². The molecule has 8 atom stereocenters. The highest BCUT2D eigenvalue weighted by Gasteiger charge is 2.80. The molecule has 2 spiro atoms. The molecule has 1 aromatic carbocycles. The number of carbonyl (C=O) groups is 1. The molecule has 8 rings (SSSR count). The van der Waals surface area contributed by atoms with Crippen molar-refractivity contribution in [3.63, 3.8) is 0 Å². The first kappa shape index (κ1) is 24.2. The molecule has 0 amide bonds. The number of carbonyl (C=O) groups excluding carboxylic acids is 1. The Labute approximate surface area is 220 Å². The number of benzene rings is 1. The summed E-state index contributed by atoms with van der Waals surface area (Å²) in [6, 6.07) is 3.78. The first-order valence-corrected chi connectivity index (χ1v) is 14.5. The standard InChI is InChI=1S/C30H42N2O5/c1-4-17(2)24(31)26(34)36-16-20-14-28-9-10-30(20,35-3)27-29(28)11-12-32(15-18-5-6-18)22(28)13-19-7-8-21(33)25(37-27)23(19)29/h7-8,17-18,20,22,24,27,33H,4-6,9-16,31H2,1-3H3/t17-,20+,22+,24-,27+,28?,29?,30?/m0/s1. The van der Waals surface area contributed by atoms with Crippen molar-refractivity contribution in [3.8, 4) is 11.5 Å². The Morgan fingerprint density at radius 3 is 2.84 bits per heavy atom. The van der Waals surface area contributed by atoms with Crippen molar-refractivity contribution in [2.45, 2.75) is 94.4 Å². The summed E-state index contributed by atoms with van der Waals surface area (Å²) in [6.45, 7) is 6.61. The van der Waals surface area contributed by atoms with Crippen molar-refractivity contribution in [1.29, 1.82) is 0 Å². The van der Waals surface area contributed by atoms with E-state index in [1.807, 2.05) is 19.9 Å². The van der Waals surface area contributed by atoms with Gasteiger partial charge in [-0.05, 0) is 75.0 Å². The van der Waals surface area contributed by atoms with Crippen LogP contribution >= 0.6 is 0 Å². The molecule has 5 fully saturated rings. The second kappa shape index (κ2) is 8.09. The highest BCUT2D eigenvalue weighted by atomic mass is 16.6. The number of phenolic OH excluding ortho intramolecular Hbond substituents is 1. The summed E-state index contributed by atoms with van der Waals surface area (Å²) in [6.07, 6.45) is 8.29. The molecule has 37 heavy (non-hydrogen) atoms. The Morgan fingerprint density at radius 2 is 2.11 bits per heavy atom. The molecule has 1 saturated heterocycles. The van der Waals surface area contributed by atoms with E-state index in [1.54, 1.807) is 7.11 Å². The minimum Gasteiger partial charge on any atom is -0.504 e. The van der Waals surface area contributed by atoms with Crippen LogP contribution in [0.3, 0.4) is 0 Å². The third kappa shape index (κ3) is 2.97. The van der Waals surface area contributed by atoms with E-state index in [0.717, 1.165) is 51.0 Å². The molecule has 2 aliphatic heterocycles. The molecular formula is C30H42N2O5. The number of phenols is 1. The van der Waals surface area contributed by atoms with Gasteiger partial charge in [-0.25, -0.2) is 0 Å². The average molecular weight is 511 g/mol. The summed E-state index contributed by atoms with van der Waals surface area (Å²) in [5, 5.41) is 11.0. The monoisotopic (exact) mass is 510 g/mol. The first-order valence-electron chi connectivity index (χ1n) is 14.5. The highest BCUT2D eigenvalue weighted by molar-refractivity contribution is 5.75. The quantitative estimate of drug-likeness (QED) is 0.517. The van der Waals surface area contributed by atoms with E-state index in [1.165, 1.54) is 30.5 Å². The fourth-order valence-electron chi connectivity index (χ4n) is 9.51. The van der Waals surface area contributed by atoms with Gasteiger partial charge in [-0.2, -0.15) is 0 Å². The maximum atomic E-state index is 12.9. The number of methoxy groups -OCH3 is 1. The Bertz CT molecular complexity index is 1120. The molecule has 5 aliphatic carbocycles. The number of hydrogen-bond acceptors (Lipinski definition) is 7. The van der Waals surface area contributed by atoms with Gasteiger partial charge >= 0.3 is 5.97 Å². The van der Waals surface area contributed by atoms with E-state index in [-0.39, 0.29) is 40.5 Å². The SMILES string of the molecule is CC[C@H](C)[C@H](N)C(=O)OC[C@H]1CC23CCC1(OC)[C@@H]1Oc4c(O)ccc5c4C12CCN(CC1CC1)[C@@H]3C5. The zero-order chi connectivity index (χ0) is 25.7. The van der Waals surface area contributed by atoms with Gasteiger partial charge in [0.2, 0.25) is 0 Å². The van der Waals surface area contributed by atoms with E-state index in [2.05, 4.69) is 11.0 Å². The predicted molar refractivity (Wildman–Crippen MR) is 139 cm³/mol. The molecule has 3 N–H and O–H groups in total. The molecule has 0 aromatic heterocycles. The number of nitrogens with two attached hydrogens (primary N) is 1. The molecule has 2 heterocycles. The van der Waals surface area contributed by atoms with E-state index < -0.39 is 11.6 Å². The van der Waals surface area contributed by atoms with Crippen molar-refractivity contribution >= 4 is 5.97 Å². The Kier molecular flexibility index (Phi) is 5.30. The van der Waals surface area contributed by atoms with Gasteiger partial charge in [-0.15, -0.1) is 0 Å². The molecule has 7 aliphatic rings. The van der Waals surface area contributed by atoms with Crippen LogP contribution in [0.4, 0.5) is 0 Å². The molecule has 7 nitrogen and oxygen atoms in total. The number of piperidine rings is 1. The fourth-order valence-corrected chi connectivity index (χ4v) is 9.51. The minimum absolute atomic E-state index is 0.0209. The maximum Gasteiger partial charge on any atom is 0.323 e. The molecule has 3 unspecified atom stereocenters. The molecule has 202 valence electrons. The van der Waals surface area contributed by atoms with Gasteiger partial charge < -0.3 is 25.1 Å². The van der Waals surface area contributed by atoms with Crippen LogP contribution in [-0.4, -0.2) is 66.6 Å². The lowest BCUT2D eigenvalue weighted by molar-refractivity contribution is -0.282. The van der Waals surface area contributed by atoms with Gasteiger partial charge in [-0.1, -0.05) is 26.3 Å². The predicted octanol–water partition coefficient (Wildman–Crippen LogP) is 3.53. The Morgan fingerprint density at radius 1 is 1.30 bits per heavy atom. The number of ether oxygens (including phenoxy) is 3. The van der Waals surface area contributed by atoms with Crippen molar-refractivity contribution in [2.75, 3.05) is 26.8 Å². The van der Waals surface area contributed by atoms with Gasteiger partial charge in [0.1, 0.15) is 17.7 Å². The lowest BCUT2D eigenvalue weighted by Gasteiger charge is -2.73. The summed E-state index contributed by atoms with van der Waals surface area (Å²) < 4.78 is 19.3. The Hall–Kier alpha value is -1.83. The van der Waals surface area contributed by atoms with Gasteiger partial charge in [0, 0.05) is 42.0 Å². The minimum atomic E-state index is -0.608. The number of fused-ring (bicyclic) bond motifs is 2. The van der Waals surface area contributed by atoms with Crippen LogP contribution < -0.4 is 10.5 Å². The number of esters is 1. The molecule has 4 saturated carbocycles. The smallest absolute Gasteiger partial charge is 0.323 e. The third-order valence-corrected chi connectivity index (χ3v) is 11.8. The van der Waals surface area contributed by atoms with Gasteiger partial charge in [0.15, 0.2) is 11.5 Å². The summed E-state index contributed by atoms with van der Waals surface area (Å²) in [5.74, 6) is 1.55. The summed E-state index contributed by atoms with van der Waals surface area (Å²) >= 11 is 0. The van der Waals surface area contributed by atoms with E-state index in [0.29, 0.717) is 18.4 Å². The Balaban J connectivity index is 1.30. The van der Waals surface area contributed by atoms with Crippen LogP contribution in [0.15, 0.2) is 12.1 Å². The second-order valence-electron chi connectivity index (χ2n) is 13.1. The molecular weight excluding hydrogens is 468 g/mol. The van der Waals surface area contributed by atoms with Crippen LogP contribution in [0.5, 0.6) is 11.5 Å². The summed E-state index contributed by atoms with van der Waals surface area (Å²) in [4.78, 5) is 15.7. The largest absolute Gasteiger partial charge is 0.504 e. The van der Waals surface area contributed by atoms with E-state index >= 15 is 0 Å². The topological polar surface area (TPSA) is 94.3 Å². The van der Waals surface area contributed by atoms with Crippen LogP contribution in [0, 0.1) is 23.2 Å². The molecule has 0 radical (unpaired) electrons. The van der Waals surface area contributed by atoms with Crippen LogP contribution in [0.25, 0.3) is 0 Å². The second-order valence-corrected chi connectivity index (χ2v) is 13.1. The normalized spacial score (nSPS) is 40.6. The van der Waals surface area contributed by atoms with Crippen molar-refractivity contribution < 1.29 is 24.1 Å². The van der Waals surface area contributed by atoms with Crippen LogP contribution in [0.1, 0.15) is 69.9 Å². The molecule has 1 aromatic rings. The van der Waals surface area contributed by atoms with E-state index in [4.69, 9.17) is 19.9 Å². The molecule has 7 heteroatoms. The number of likely N-dealkylation sites (tertiary alicyclic amines) is 1. The lowest BCUT2D eigenvalue weighted by Crippen LogP contribution is -2.81. The van der Waals surface area contributed by atoms with Crippen molar-refractivity contribution in [2.24, 2.45) is 28.9 Å². The van der Waals surface area contributed by atoms with Gasteiger partial charge in [-0.3, -0.25) is 9.69 Å². The van der Waals surface area contributed by atoms with Crippen molar-refractivity contribution in [3.05, 3.63) is 23.3 Å². The number of aromatic hydroxyl groups is 1. The van der Waals surface area contributed by atoms with Crippen molar-refractivity contribution in [1.82, 2.24) is 4.90 Å². The summed E-state index contributed by atoms with van der Waals surface area (Å²) in [5.41, 5.74) is 8.12. The number of nitrogens with zero attached hydrogens (tertiary/aromatic N) is 1. The zero-order valence-corrected chi connectivity index (χ0v) is 22.5. The average Bonchev–Trinajstić information content (AvgIpc) is 3.65. The number of hydrogen-bond donors (Lipinski definition) is 2. The maximum absolute atomic E-state index is 12.9. The lowest BCUT2D eigenvalue weighted by atomic mass is 9.35. The molecule has 4 bridgehead atoms. The zero-order valence-electron chi connectivity index (χ0n) is 22.5. The van der Waals surface area contributed by atoms with Gasteiger partial charge in [0.05, 0.1) is 6.61 Å². The fraction of sp³-hybridized carbons (Fsp3) is 0.767. The third-order valence-electron chi connectivity index (χ3n) is 11.8. The summed E-state index contributed by atoms with van der Waals surface area (Å²) in [7, 11) is 1.80. The number of rotatable bonds is 8. The van der Waals surface area contributed by atoms with Gasteiger partial charge in [0.25, 0.3) is 0 Å². The highest BCUT2D eigenvalue weighted by Crippen LogP contribution is 2.76. The first-order chi connectivity index (χ1) is 17.8.